The molecule has 96 valence electrons. The van der Waals surface area contributed by atoms with Gasteiger partial charge in [0.15, 0.2) is 5.76 Å². The number of rotatable bonds is 3. The zero-order valence-electron chi connectivity index (χ0n) is 10.7. The number of para-hydroxylation sites is 1. The summed E-state index contributed by atoms with van der Waals surface area (Å²) in [4.78, 5) is 12.1. The van der Waals surface area contributed by atoms with Crippen molar-refractivity contribution in [3.8, 4) is 0 Å². The molecule has 0 bridgehead atoms. The lowest BCUT2D eigenvalue weighted by Gasteiger charge is -2.28. The predicted molar refractivity (Wildman–Crippen MR) is 73.1 cm³/mol. The topological polar surface area (TPSA) is 42.2 Å². The van der Waals surface area contributed by atoms with E-state index in [0.29, 0.717) is 11.3 Å². The molecular weight excluding hydrogens is 250 g/mol. The molecule has 2 aromatic rings. The van der Waals surface area contributed by atoms with Crippen LogP contribution in [0.25, 0.3) is 11.0 Å². The number of alkyl halides is 1. The summed E-state index contributed by atoms with van der Waals surface area (Å²) in [6, 6.07) is 9.26. The molecule has 1 heterocycles. The molecule has 0 fully saturated rings. The fourth-order valence-electron chi connectivity index (χ4n) is 1.55. The van der Waals surface area contributed by atoms with E-state index >= 15 is 0 Å². The van der Waals surface area contributed by atoms with Crippen LogP contribution in [0, 0.1) is 0 Å². The van der Waals surface area contributed by atoms with Crippen molar-refractivity contribution in [1.82, 2.24) is 5.32 Å². The van der Waals surface area contributed by atoms with Gasteiger partial charge in [0.2, 0.25) is 0 Å². The minimum Gasteiger partial charge on any atom is -0.451 e. The Morgan fingerprint density at radius 2 is 2.06 bits per heavy atom. The Morgan fingerprint density at radius 1 is 1.39 bits per heavy atom. The van der Waals surface area contributed by atoms with E-state index in [4.69, 9.17) is 16.0 Å². The summed E-state index contributed by atoms with van der Waals surface area (Å²) < 4.78 is 5.50. The lowest BCUT2D eigenvalue weighted by atomic mass is 10.0. The maximum Gasteiger partial charge on any atom is 0.287 e. The molecule has 0 aliphatic carbocycles. The third kappa shape index (κ3) is 2.51. The second-order valence-corrected chi connectivity index (χ2v) is 5.59. The van der Waals surface area contributed by atoms with Crippen molar-refractivity contribution in [3.63, 3.8) is 0 Å². The van der Waals surface area contributed by atoms with Crippen LogP contribution in [0.1, 0.15) is 31.3 Å². The first-order valence-corrected chi connectivity index (χ1v) is 6.29. The average Bonchev–Trinajstić information content (AvgIpc) is 2.71. The highest BCUT2D eigenvalue weighted by Crippen LogP contribution is 2.20. The zero-order chi connectivity index (χ0) is 13.3. The average molecular weight is 266 g/mol. The number of benzene rings is 1. The van der Waals surface area contributed by atoms with Crippen LogP contribution < -0.4 is 5.32 Å². The summed E-state index contributed by atoms with van der Waals surface area (Å²) >= 11 is 6.03. The normalized spacial score (nSPS) is 13.6. The molecule has 0 radical (unpaired) electrons. The summed E-state index contributed by atoms with van der Waals surface area (Å²) in [5.74, 6) is 0.0605. The van der Waals surface area contributed by atoms with E-state index in [1.54, 1.807) is 6.07 Å². The molecule has 1 N–H and O–H groups in total. The number of fused-ring (bicyclic) bond motifs is 1. The quantitative estimate of drug-likeness (QED) is 0.862. The van der Waals surface area contributed by atoms with E-state index in [-0.39, 0.29) is 11.3 Å². The summed E-state index contributed by atoms with van der Waals surface area (Å²) in [6.45, 7) is 5.61. The molecule has 0 saturated carbocycles. The van der Waals surface area contributed by atoms with Crippen LogP contribution >= 0.6 is 11.6 Å². The zero-order valence-corrected chi connectivity index (χ0v) is 11.4. The van der Waals surface area contributed by atoms with Gasteiger partial charge in [0.25, 0.3) is 5.91 Å². The maximum absolute atomic E-state index is 12.1. The Labute approximate surface area is 111 Å². The lowest BCUT2D eigenvalue weighted by molar-refractivity contribution is 0.0886. The molecule has 18 heavy (non-hydrogen) atoms. The van der Waals surface area contributed by atoms with Gasteiger partial charge >= 0.3 is 0 Å². The Kier molecular flexibility index (Phi) is 3.35. The second-order valence-electron chi connectivity index (χ2n) is 4.94. The van der Waals surface area contributed by atoms with Gasteiger partial charge in [-0.15, -0.1) is 11.6 Å². The second kappa shape index (κ2) is 4.65. The van der Waals surface area contributed by atoms with Crippen LogP contribution in [-0.4, -0.2) is 16.8 Å². The molecule has 0 aliphatic heterocycles. The molecule has 1 atom stereocenters. The van der Waals surface area contributed by atoms with Crippen LogP contribution in [0.15, 0.2) is 34.7 Å². The first-order valence-electron chi connectivity index (χ1n) is 5.85. The van der Waals surface area contributed by atoms with E-state index in [2.05, 4.69) is 5.32 Å². The molecule has 1 aromatic carbocycles. The van der Waals surface area contributed by atoms with Crippen LogP contribution in [0.5, 0.6) is 0 Å². The summed E-state index contributed by atoms with van der Waals surface area (Å²) in [7, 11) is 0. The molecule has 4 heteroatoms. The minimum atomic E-state index is -0.488. The van der Waals surface area contributed by atoms with E-state index in [1.165, 1.54) is 0 Å². The molecule has 1 amide bonds. The predicted octanol–water partition coefficient (Wildman–Crippen LogP) is 3.57. The van der Waals surface area contributed by atoms with Crippen molar-refractivity contribution < 1.29 is 9.21 Å². The number of hydrogen-bond acceptors (Lipinski definition) is 2. The standard InChI is InChI=1S/C14H16ClNO2/c1-9(15)14(2,3)16-13(17)12-8-10-6-4-5-7-11(10)18-12/h4-9H,1-3H3,(H,16,17). The summed E-state index contributed by atoms with van der Waals surface area (Å²) in [6.07, 6.45) is 0. The largest absolute Gasteiger partial charge is 0.451 e. The Hall–Kier alpha value is -1.48. The minimum absolute atomic E-state index is 0.175. The monoisotopic (exact) mass is 265 g/mol. The van der Waals surface area contributed by atoms with Gasteiger partial charge < -0.3 is 9.73 Å². The number of halogens is 1. The van der Waals surface area contributed by atoms with Crippen molar-refractivity contribution in [1.29, 1.82) is 0 Å². The highest BCUT2D eigenvalue weighted by molar-refractivity contribution is 6.21. The molecule has 3 nitrogen and oxygen atoms in total. The van der Waals surface area contributed by atoms with Crippen LogP contribution in [0.2, 0.25) is 0 Å². The van der Waals surface area contributed by atoms with Gasteiger partial charge in [-0.3, -0.25) is 4.79 Å². The van der Waals surface area contributed by atoms with Crippen molar-refractivity contribution in [2.45, 2.75) is 31.7 Å². The van der Waals surface area contributed by atoms with Crippen molar-refractivity contribution >= 4 is 28.5 Å². The number of carbonyl (C=O) groups is 1. The number of hydrogen-bond donors (Lipinski definition) is 1. The fourth-order valence-corrected chi connectivity index (χ4v) is 1.60. The van der Waals surface area contributed by atoms with Gasteiger partial charge in [0, 0.05) is 5.39 Å². The Bertz CT molecular complexity index is 539. The van der Waals surface area contributed by atoms with Gasteiger partial charge in [-0.1, -0.05) is 18.2 Å². The third-order valence-corrected chi connectivity index (χ3v) is 3.63. The van der Waals surface area contributed by atoms with E-state index in [9.17, 15) is 4.79 Å². The first kappa shape index (κ1) is 13.0. The van der Waals surface area contributed by atoms with E-state index < -0.39 is 5.54 Å². The fraction of sp³-hybridized carbons (Fsp3) is 0.357. The van der Waals surface area contributed by atoms with Crippen LogP contribution in [0.4, 0.5) is 0 Å². The summed E-state index contributed by atoms with van der Waals surface area (Å²) in [5, 5.41) is 3.61. The van der Waals surface area contributed by atoms with Gasteiger partial charge in [-0.05, 0) is 32.9 Å². The lowest BCUT2D eigenvalue weighted by Crippen LogP contribution is -2.48. The number of nitrogens with one attached hydrogen (secondary N) is 1. The van der Waals surface area contributed by atoms with Crippen molar-refractivity contribution in [2.75, 3.05) is 0 Å². The van der Waals surface area contributed by atoms with Gasteiger partial charge in [0.05, 0.1) is 10.9 Å². The first-order chi connectivity index (χ1) is 8.40. The highest BCUT2D eigenvalue weighted by Gasteiger charge is 2.27. The van der Waals surface area contributed by atoms with Crippen molar-refractivity contribution in [3.05, 3.63) is 36.1 Å². The SMILES string of the molecule is CC(Cl)C(C)(C)NC(=O)c1cc2ccccc2o1. The number of furan rings is 1. The molecule has 2 rings (SSSR count). The van der Waals surface area contributed by atoms with Gasteiger partial charge in [-0.2, -0.15) is 0 Å². The summed E-state index contributed by atoms with van der Waals surface area (Å²) in [5.41, 5.74) is 0.219. The molecule has 0 aliphatic rings. The number of amides is 1. The number of carbonyl (C=O) groups excluding carboxylic acids is 1. The Morgan fingerprint density at radius 3 is 2.67 bits per heavy atom. The van der Waals surface area contributed by atoms with E-state index in [1.807, 2.05) is 45.0 Å². The molecule has 0 saturated heterocycles. The van der Waals surface area contributed by atoms with Gasteiger partial charge in [0.1, 0.15) is 5.58 Å². The highest BCUT2D eigenvalue weighted by atomic mass is 35.5. The van der Waals surface area contributed by atoms with Crippen LogP contribution in [0.3, 0.4) is 0 Å². The molecular formula is C14H16ClNO2. The molecule has 1 unspecified atom stereocenters. The smallest absolute Gasteiger partial charge is 0.287 e. The third-order valence-electron chi connectivity index (χ3n) is 3.08. The van der Waals surface area contributed by atoms with Gasteiger partial charge in [-0.25, -0.2) is 0 Å². The van der Waals surface area contributed by atoms with Crippen molar-refractivity contribution in [2.24, 2.45) is 0 Å². The maximum atomic E-state index is 12.1. The Balaban J connectivity index is 2.24. The van der Waals surface area contributed by atoms with E-state index in [0.717, 1.165) is 5.39 Å². The molecule has 1 aromatic heterocycles. The van der Waals surface area contributed by atoms with Crippen LogP contribution in [-0.2, 0) is 0 Å². The molecule has 0 spiro atoms.